The predicted octanol–water partition coefficient (Wildman–Crippen LogP) is 4.82. The van der Waals surface area contributed by atoms with Crippen molar-refractivity contribution in [1.82, 2.24) is 10.2 Å². The number of carbonyl (C=O) groups excluding carboxylic acids is 2. The highest BCUT2D eigenvalue weighted by Gasteiger charge is 2.31. The number of sulfonamides is 1. The second-order valence-corrected chi connectivity index (χ2v) is 12.9. The Morgan fingerprint density at radius 3 is 2.37 bits per heavy atom. The van der Waals surface area contributed by atoms with Gasteiger partial charge in [-0.05, 0) is 49.9 Å². The molecule has 1 N–H and O–H groups in total. The maximum absolute atomic E-state index is 14.0. The third kappa shape index (κ3) is 8.73. The van der Waals surface area contributed by atoms with Gasteiger partial charge in [-0.25, -0.2) is 8.42 Å². The number of nitrogens with zero attached hydrogens (tertiary/aromatic N) is 2. The maximum atomic E-state index is 14.0. The van der Waals surface area contributed by atoms with Gasteiger partial charge in [0.05, 0.1) is 11.9 Å². The highest BCUT2D eigenvalue weighted by atomic mass is 32.2. The normalized spacial score (nSPS) is 13.7. The number of nitrogens with one attached hydrogen (secondary N) is 1. The fourth-order valence-corrected chi connectivity index (χ4v) is 6.00. The van der Waals surface area contributed by atoms with Crippen LogP contribution in [0.3, 0.4) is 0 Å². The van der Waals surface area contributed by atoms with Crippen LogP contribution in [-0.4, -0.2) is 56.8 Å². The molecule has 0 spiro atoms. The smallest absolute Gasteiger partial charge is 0.243 e. The zero-order valence-electron chi connectivity index (χ0n) is 25.3. The molecule has 3 aromatic rings. The summed E-state index contributed by atoms with van der Waals surface area (Å²) >= 11 is 0. The van der Waals surface area contributed by atoms with Crippen LogP contribution in [0.15, 0.2) is 72.8 Å². The number of aryl methyl sites for hydroxylation is 1. The van der Waals surface area contributed by atoms with Crippen molar-refractivity contribution in [2.75, 3.05) is 23.9 Å². The summed E-state index contributed by atoms with van der Waals surface area (Å²) in [5.41, 5.74) is 3.35. The van der Waals surface area contributed by atoms with Crippen LogP contribution < -0.4 is 19.1 Å². The van der Waals surface area contributed by atoms with Crippen molar-refractivity contribution < 1.29 is 27.5 Å². The lowest BCUT2D eigenvalue weighted by Gasteiger charge is -2.33. The van der Waals surface area contributed by atoms with E-state index in [9.17, 15) is 18.0 Å². The van der Waals surface area contributed by atoms with E-state index < -0.39 is 16.1 Å². The minimum Gasteiger partial charge on any atom is -0.454 e. The van der Waals surface area contributed by atoms with E-state index in [4.69, 9.17) is 9.47 Å². The van der Waals surface area contributed by atoms with Crippen LogP contribution in [-0.2, 0) is 32.6 Å². The van der Waals surface area contributed by atoms with Gasteiger partial charge in [-0.15, -0.1) is 0 Å². The van der Waals surface area contributed by atoms with Crippen LogP contribution in [0, 0.1) is 6.92 Å². The Bertz CT molecular complexity index is 1510. The zero-order valence-corrected chi connectivity index (χ0v) is 26.1. The second-order valence-electron chi connectivity index (χ2n) is 11.0. The van der Waals surface area contributed by atoms with E-state index in [1.165, 1.54) is 4.31 Å². The van der Waals surface area contributed by atoms with Crippen LogP contribution in [0.25, 0.3) is 0 Å². The fourth-order valence-electron chi connectivity index (χ4n) is 5.05. The summed E-state index contributed by atoms with van der Waals surface area (Å²) in [6.07, 6.45) is 2.57. The first-order valence-corrected chi connectivity index (χ1v) is 16.5. The summed E-state index contributed by atoms with van der Waals surface area (Å²) < 4.78 is 37.6. The largest absolute Gasteiger partial charge is 0.454 e. The minimum atomic E-state index is -3.65. The van der Waals surface area contributed by atoms with E-state index in [0.717, 1.165) is 29.4 Å². The van der Waals surface area contributed by atoms with Gasteiger partial charge >= 0.3 is 0 Å². The van der Waals surface area contributed by atoms with Crippen molar-refractivity contribution in [3.8, 4) is 11.5 Å². The molecule has 0 unspecified atom stereocenters. The summed E-state index contributed by atoms with van der Waals surface area (Å²) in [5.74, 6) is 0.597. The molecule has 230 valence electrons. The van der Waals surface area contributed by atoms with E-state index in [1.54, 1.807) is 23.1 Å². The number of fused-ring (bicyclic) bond motifs is 1. The second kappa shape index (κ2) is 14.4. The molecule has 1 heterocycles. The molecular formula is C33H41N3O6S. The number of benzene rings is 3. The molecule has 2 atom stereocenters. The first kappa shape index (κ1) is 31.9. The van der Waals surface area contributed by atoms with Crippen molar-refractivity contribution in [3.05, 3.63) is 89.5 Å². The Morgan fingerprint density at radius 2 is 1.67 bits per heavy atom. The fraction of sp³-hybridized carbons (Fsp3) is 0.394. The maximum Gasteiger partial charge on any atom is 0.243 e. The molecule has 1 aliphatic heterocycles. The van der Waals surface area contributed by atoms with Crippen LogP contribution in [0.2, 0.25) is 0 Å². The number of anilines is 1. The summed E-state index contributed by atoms with van der Waals surface area (Å²) in [7, 11) is -3.65. The van der Waals surface area contributed by atoms with Crippen molar-refractivity contribution in [2.24, 2.45) is 0 Å². The van der Waals surface area contributed by atoms with Gasteiger partial charge in [0, 0.05) is 38.0 Å². The van der Waals surface area contributed by atoms with E-state index >= 15 is 0 Å². The van der Waals surface area contributed by atoms with Crippen molar-refractivity contribution in [2.45, 2.75) is 65.1 Å². The van der Waals surface area contributed by atoms with Crippen LogP contribution >= 0.6 is 0 Å². The third-order valence-corrected chi connectivity index (χ3v) is 8.70. The number of carbonyl (C=O) groups is 2. The molecule has 1 aliphatic rings. The monoisotopic (exact) mass is 607 g/mol. The highest BCUT2D eigenvalue weighted by Crippen LogP contribution is 2.36. The summed E-state index contributed by atoms with van der Waals surface area (Å²) in [6.45, 7) is 6.36. The molecule has 43 heavy (non-hydrogen) atoms. The topological polar surface area (TPSA) is 105 Å². The molecule has 0 aromatic heterocycles. The van der Waals surface area contributed by atoms with E-state index in [1.807, 2.05) is 75.4 Å². The number of ether oxygens (including phenoxy) is 2. The van der Waals surface area contributed by atoms with E-state index in [0.29, 0.717) is 23.6 Å². The molecule has 0 radical (unpaired) electrons. The molecule has 0 saturated heterocycles. The molecule has 9 nitrogen and oxygen atoms in total. The van der Waals surface area contributed by atoms with Crippen molar-refractivity contribution >= 4 is 27.5 Å². The van der Waals surface area contributed by atoms with Crippen molar-refractivity contribution in [1.29, 1.82) is 0 Å². The lowest BCUT2D eigenvalue weighted by Crippen LogP contribution is -2.52. The Hall–Kier alpha value is -4.05. The molecule has 0 fully saturated rings. The van der Waals surface area contributed by atoms with Gasteiger partial charge in [0.25, 0.3) is 0 Å². The van der Waals surface area contributed by atoms with Gasteiger partial charge in [0.15, 0.2) is 11.5 Å². The zero-order chi connectivity index (χ0) is 31.0. The first-order chi connectivity index (χ1) is 20.5. The van der Waals surface area contributed by atoms with Gasteiger partial charge in [-0.1, -0.05) is 67.1 Å². The number of amides is 2. The molecule has 0 bridgehead atoms. The Labute approximate surface area is 254 Å². The minimum absolute atomic E-state index is 0.0493. The van der Waals surface area contributed by atoms with Crippen molar-refractivity contribution in [3.63, 3.8) is 0 Å². The lowest BCUT2D eigenvalue weighted by molar-refractivity contribution is -0.141. The summed E-state index contributed by atoms with van der Waals surface area (Å²) in [6, 6.07) is 21.7. The molecule has 0 aliphatic carbocycles. The average molecular weight is 608 g/mol. The Morgan fingerprint density at radius 1 is 0.953 bits per heavy atom. The Kier molecular flexibility index (Phi) is 10.7. The van der Waals surface area contributed by atoms with Crippen LogP contribution in [0.5, 0.6) is 11.5 Å². The molecule has 4 rings (SSSR count). The average Bonchev–Trinajstić information content (AvgIpc) is 3.45. The third-order valence-electron chi connectivity index (χ3n) is 7.50. The number of rotatable bonds is 14. The summed E-state index contributed by atoms with van der Waals surface area (Å²) in [4.78, 5) is 29.3. The van der Waals surface area contributed by atoms with E-state index in [2.05, 4.69) is 5.32 Å². The van der Waals surface area contributed by atoms with Gasteiger partial charge < -0.3 is 19.7 Å². The van der Waals surface area contributed by atoms with E-state index in [-0.39, 0.29) is 50.6 Å². The quantitative estimate of drug-likeness (QED) is 0.282. The number of hydrogen-bond donors (Lipinski definition) is 1. The number of hydrogen-bond acceptors (Lipinski definition) is 6. The highest BCUT2D eigenvalue weighted by molar-refractivity contribution is 7.92. The van der Waals surface area contributed by atoms with Crippen LogP contribution in [0.1, 0.15) is 49.8 Å². The van der Waals surface area contributed by atoms with Crippen LogP contribution in [0.4, 0.5) is 5.69 Å². The molecular weight excluding hydrogens is 566 g/mol. The molecule has 2 amide bonds. The van der Waals surface area contributed by atoms with Gasteiger partial charge in [0.1, 0.15) is 6.04 Å². The van der Waals surface area contributed by atoms with Gasteiger partial charge in [-0.2, -0.15) is 0 Å². The SMILES string of the molecule is CC[C@@H](C)NC(=O)[C@H](Cc1ccccc1)N(Cc1cccc(C)c1)C(=O)CCCN(c1ccc2c(c1)OCO2)S(C)(=O)=O. The molecule has 10 heteroatoms. The molecule has 3 aromatic carbocycles. The lowest BCUT2D eigenvalue weighted by atomic mass is 10.0. The standard InChI is InChI=1S/C33H41N3O6S/c1-5-25(3)34-33(38)29(20-26-12-7-6-8-13-26)35(22-27-14-9-11-24(2)19-27)32(37)15-10-18-36(43(4,39)40)28-16-17-30-31(21-28)42-23-41-30/h6-9,11-14,16-17,19,21,25,29H,5,10,15,18,20,22-23H2,1-4H3,(H,34,38)/t25-,29+/m1/s1. The Balaban J connectivity index is 1.58. The molecule has 0 saturated carbocycles. The van der Waals surface area contributed by atoms with Gasteiger partial charge in [0.2, 0.25) is 28.6 Å². The first-order valence-electron chi connectivity index (χ1n) is 14.6. The predicted molar refractivity (Wildman–Crippen MR) is 168 cm³/mol. The summed E-state index contributed by atoms with van der Waals surface area (Å²) in [5, 5.41) is 3.08. The van der Waals surface area contributed by atoms with Gasteiger partial charge in [-0.3, -0.25) is 13.9 Å².